The first-order valence-electron chi connectivity index (χ1n) is 4.40. The molecule has 2 unspecified atom stereocenters. The van der Waals surface area contributed by atoms with E-state index in [0.29, 0.717) is 12.1 Å². The standard InChI is InChI=1S/C8H18N2OS/c1-6(12(2)11)5-10-8-3-7(9)4-8/h6-8,10H,3-5,9H2,1-2H3. The first-order chi connectivity index (χ1) is 5.59. The first kappa shape index (κ1) is 10.2. The lowest BCUT2D eigenvalue weighted by Gasteiger charge is -2.33. The molecule has 0 bridgehead atoms. The highest BCUT2D eigenvalue weighted by Gasteiger charge is 2.25. The van der Waals surface area contributed by atoms with Crippen LogP contribution >= 0.6 is 0 Å². The maximum Gasteiger partial charge on any atom is 0.0441 e. The van der Waals surface area contributed by atoms with Gasteiger partial charge in [0.05, 0.1) is 0 Å². The number of rotatable bonds is 4. The molecule has 0 amide bonds. The Morgan fingerprint density at radius 2 is 2.25 bits per heavy atom. The summed E-state index contributed by atoms with van der Waals surface area (Å²) in [5, 5.41) is 3.61. The Hall–Kier alpha value is 0.0700. The predicted molar refractivity (Wildman–Crippen MR) is 52.5 cm³/mol. The Morgan fingerprint density at radius 1 is 1.67 bits per heavy atom. The maximum absolute atomic E-state index is 11.0. The highest BCUT2D eigenvalue weighted by Crippen LogP contribution is 2.17. The molecule has 1 aliphatic rings. The van der Waals surface area contributed by atoms with E-state index >= 15 is 0 Å². The minimum absolute atomic E-state index is 0.252. The van der Waals surface area contributed by atoms with E-state index in [1.54, 1.807) is 6.26 Å². The van der Waals surface area contributed by atoms with Gasteiger partial charge in [-0.2, -0.15) is 0 Å². The van der Waals surface area contributed by atoms with Crippen molar-refractivity contribution in [2.45, 2.75) is 37.1 Å². The smallest absolute Gasteiger partial charge is 0.0441 e. The van der Waals surface area contributed by atoms with Crippen molar-refractivity contribution in [3.05, 3.63) is 0 Å². The molecule has 0 spiro atoms. The van der Waals surface area contributed by atoms with E-state index in [9.17, 15) is 4.21 Å². The molecular formula is C8H18N2OS. The van der Waals surface area contributed by atoms with Crippen LogP contribution in [-0.4, -0.2) is 34.3 Å². The predicted octanol–water partition coefficient (Wildman–Crippen LogP) is -0.167. The SMILES string of the molecule is CC(CNC1CC(N)C1)S(C)=O. The lowest BCUT2D eigenvalue weighted by molar-refractivity contribution is 0.294. The zero-order valence-corrected chi connectivity index (χ0v) is 8.56. The highest BCUT2D eigenvalue weighted by atomic mass is 32.2. The quantitative estimate of drug-likeness (QED) is 0.647. The number of hydrogen-bond acceptors (Lipinski definition) is 3. The van der Waals surface area contributed by atoms with Gasteiger partial charge in [-0.3, -0.25) is 4.21 Å². The van der Waals surface area contributed by atoms with Gasteiger partial charge in [-0.15, -0.1) is 0 Å². The summed E-state index contributed by atoms with van der Waals surface area (Å²) in [6.45, 7) is 2.85. The van der Waals surface area contributed by atoms with Gasteiger partial charge >= 0.3 is 0 Å². The van der Waals surface area contributed by atoms with E-state index in [1.807, 2.05) is 6.92 Å². The third-order valence-corrected chi connectivity index (χ3v) is 3.74. The fourth-order valence-corrected chi connectivity index (χ4v) is 1.61. The lowest BCUT2D eigenvalue weighted by Crippen LogP contribution is -2.50. The van der Waals surface area contributed by atoms with Gasteiger partial charge in [-0.05, 0) is 19.8 Å². The fourth-order valence-electron chi connectivity index (χ4n) is 1.28. The van der Waals surface area contributed by atoms with Crippen LogP contribution in [0.1, 0.15) is 19.8 Å². The van der Waals surface area contributed by atoms with E-state index in [0.717, 1.165) is 19.4 Å². The summed E-state index contributed by atoms with van der Waals surface area (Å²) in [7, 11) is -0.707. The molecule has 3 nitrogen and oxygen atoms in total. The zero-order chi connectivity index (χ0) is 9.14. The first-order valence-corrected chi connectivity index (χ1v) is 6.03. The largest absolute Gasteiger partial charge is 0.328 e. The molecule has 72 valence electrons. The van der Waals surface area contributed by atoms with Crippen molar-refractivity contribution >= 4 is 10.8 Å². The van der Waals surface area contributed by atoms with Crippen LogP contribution in [0, 0.1) is 0 Å². The van der Waals surface area contributed by atoms with Gasteiger partial charge < -0.3 is 11.1 Å². The Morgan fingerprint density at radius 3 is 2.67 bits per heavy atom. The molecule has 4 heteroatoms. The van der Waals surface area contributed by atoms with Gasteiger partial charge in [0.2, 0.25) is 0 Å². The van der Waals surface area contributed by atoms with Gasteiger partial charge in [-0.1, -0.05) is 0 Å². The van der Waals surface area contributed by atoms with Gasteiger partial charge in [0.25, 0.3) is 0 Å². The third kappa shape index (κ3) is 2.84. The normalized spacial score (nSPS) is 33.9. The fraction of sp³-hybridized carbons (Fsp3) is 1.00. The second-order valence-electron chi connectivity index (χ2n) is 3.65. The average molecular weight is 190 g/mol. The van der Waals surface area contributed by atoms with E-state index in [1.165, 1.54) is 0 Å². The summed E-state index contributed by atoms with van der Waals surface area (Å²) in [6, 6.07) is 0.968. The van der Waals surface area contributed by atoms with Crippen LogP contribution < -0.4 is 11.1 Å². The third-order valence-electron chi connectivity index (χ3n) is 2.44. The maximum atomic E-state index is 11.0. The number of nitrogens with two attached hydrogens (primary N) is 1. The summed E-state index contributed by atoms with van der Waals surface area (Å²) in [5.41, 5.74) is 5.64. The summed E-state index contributed by atoms with van der Waals surface area (Å²) in [5.74, 6) is 0. The van der Waals surface area contributed by atoms with Crippen molar-refractivity contribution in [3.63, 3.8) is 0 Å². The summed E-state index contributed by atoms with van der Waals surface area (Å²) in [4.78, 5) is 0. The van der Waals surface area contributed by atoms with Crippen LogP contribution in [0.5, 0.6) is 0 Å². The molecule has 0 heterocycles. The summed E-state index contributed by atoms with van der Waals surface area (Å²) >= 11 is 0. The van der Waals surface area contributed by atoms with Crippen LogP contribution in [0.3, 0.4) is 0 Å². The highest BCUT2D eigenvalue weighted by molar-refractivity contribution is 7.84. The van der Waals surface area contributed by atoms with E-state index in [4.69, 9.17) is 5.73 Å². The Labute approximate surface area is 76.6 Å². The molecule has 1 rings (SSSR count). The summed E-state index contributed by atoms with van der Waals surface area (Å²) in [6.07, 6.45) is 3.89. The van der Waals surface area contributed by atoms with Gasteiger partial charge in [0.1, 0.15) is 0 Å². The van der Waals surface area contributed by atoms with Crippen molar-refractivity contribution in [1.29, 1.82) is 0 Å². The molecular weight excluding hydrogens is 172 g/mol. The Kier molecular flexibility index (Phi) is 3.68. The number of hydrogen-bond donors (Lipinski definition) is 2. The number of nitrogens with one attached hydrogen (secondary N) is 1. The minimum atomic E-state index is -0.707. The molecule has 12 heavy (non-hydrogen) atoms. The second-order valence-corrected chi connectivity index (χ2v) is 5.45. The van der Waals surface area contributed by atoms with Gasteiger partial charge in [0, 0.05) is 40.9 Å². The molecule has 0 radical (unpaired) electrons. The average Bonchev–Trinajstić information content (AvgIpc) is 1.95. The van der Waals surface area contributed by atoms with E-state index in [-0.39, 0.29) is 5.25 Å². The van der Waals surface area contributed by atoms with Crippen LogP contribution in [0.2, 0.25) is 0 Å². The Bertz CT molecular complexity index is 168. The van der Waals surface area contributed by atoms with Crippen molar-refractivity contribution in [3.8, 4) is 0 Å². The molecule has 0 saturated heterocycles. The molecule has 1 aliphatic carbocycles. The molecule has 0 aliphatic heterocycles. The van der Waals surface area contributed by atoms with E-state index in [2.05, 4.69) is 5.32 Å². The molecule has 1 saturated carbocycles. The topological polar surface area (TPSA) is 55.1 Å². The van der Waals surface area contributed by atoms with Crippen molar-refractivity contribution < 1.29 is 4.21 Å². The molecule has 1 fully saturated rings. The molecule has 0 aromatic rings. The van der Waals surface area contributed by atoms with Gasteiger partial charge in [0.15, 0.2) is 0 Å². The van der Waals surface area contributed by atoms with E-state index < -0.39 is 10.8 Å². The van der Waals surface area contributed by atoms with Crippen LogP contribution in [0.15, 0.2) is 0 Å². The molecule has 2 atom stereocenters. The van der Waals surface area contributed by atoms with Crippen LogP contribution in [-0.2, 0) is 10.8 Å². The van der Waals surface area contributed by atoms with Crippen LogP contribution in [0.4, 0.5) is 0 Å². The minimum Gasteiger partial charge on any atom is -0.328 e. The molecule has 0 aromatic heterocycles. The summed E-state index contributed by atoms with van der Waals surface area (Å²) < 4.78 is 11.0. The van der Waals surface area contributed by atoms with Crippen molar-refractivity contribution in [2.24, 2.45) is 5.73 Å². The molecule has 3 N–H and O–H groups in total. The zero-order valence-electron chi connectivity index (χ0n) is 7.75. The second kappa shape index (κ2) is 4.35. The van der Waals surface area contributed by atoms with Crippen LogP contribution in [0.25, 0.3) is 0 Å². The monoisotopic (exact) mass is 190 g/mol. The Balaban J connectivity index is 2.06. The van der Waals surface area contributed by atoms with Crippen molar-refractivity contribution in [2.75, 3.05) is 12.8 Å². The molecule has 0 aromatic carbocycles. The lowest BCUT2D eigenvalue weighted by atomic mass is 9.88. The van der Waals surface area contributed by atoms with Crippen molar-refractivity contribution in [1.82, 2.24) is 5.32 Å². The van der Waals surface area contributed by atoms with Gasteiger partial charge in [-0.25, -0.2) is 0 Å².